The van der Waals surface area contributed by atoms with Crippen molar-refractivity contribution in [2.75, 3.05) is 0 Å². The molecular weight excluding hydrogens is 292 g/mol. The summed E-state index contributed by atoms with van der Waals surface area (Å²) in [6.07, 6.45) is 0. The number of benzene rings is 2. The van der Waals surface area contributed by atoms with Crippen molar-refractivity contribution in [3.05, 3.63) is 72.0 Å². The number of thiocarbonyl (C=S) groups is 1. The Morgan fingerprint density at radius 3 is 2.59 bits per heavy atom. The Kier molecular flexibility index (Phi) is 4.39. The van der Waals surface area contributed by atoms with E-state index in [2.05, 4.69) is 22.8 Å². The van der Waals surface area contributed by atoms with E-state index in [-0.39, 0.29) is 6.04 Å². The highest BCUT2D eigenvalue weighted by Gasteiger charge is 2.12. The highest BCUT2D eigenvalue weighted by molar-refractivity contribution is 7.80. The molecule has 0 saturated heterocycles. The third-order valence-corrected chi connectivity index (χ3v) is 3.78. The first-order valence-corrected chi connectivity index (χ1v) is 7.70. The first-order chi connectivity index (χ1) is 10.7. The Morgan fingerprint density at radius 2 is 1.82 bits per heavy atom. The molecule has 1 aromatic heterocycles. The van der Waals surface area contributed by atoms with Gasteiger partial charge in [-0.15, -0.1) is 0 Å². The SMILES string of the molecule is C[C@H](NC(=S)NCc1ccccc1)c1cc2ccccc2o1. The van der Waals surface area contributed by atoms with E-state index in [4.69, 9.17) is 16.6 Å². The van der Waals surface area contributed by atoms with Crippen molar-refractivity contribution in [3.8, 4) is 0 Å². The van der Waals surface area contributed by atoms with Crippen LogP contribution in [0.1, 0.15) is 24.3 Å². The molecule has 2 N–H and O–H groups in total. The second-order valence-electron chi connectivity index (χ2n) is 5.22. The van der Waals surface area contributed by atoms with Crippen LogP contribution in [0.2, 0.25) is 0 Å². The summed E-state index contributed by atoms with van der Waals surface area (Å²) in [6, 6.07) is 20.2. The summed E-state index contributed by atoms with van der Waals surface area (Å²) in [4.78, 5) is 0. The van der Waals surface area contributed by atoms with Crippen molar-refractivity contribution in [1.82, 2.24) is 10.6 Å². The zero-order valence-electron chi connectivity index (χ0n) is 12.4. The molecule has 2 aromatic carbocycles. The highest BCUT2D eigenvalue weighted by Crippen LogP contribution is 2.23. The van der Waals surface area contributed by atoms with E-state index >= 15 is 0 Å². The number of furan rings is 1. The molecule has 4 heteroatoms. The van der Waals surface area contributed by atoms with Crippen molar-refractivity contribution in [3.63, 3.8) is 0 Å². The predicted molar refractivity (Wildman–Crippen MR) is 93.6 cm³/mol. The van der Waals surface area contributed by atoms with Gasteiger partial charge in [0.2, 0.25) is 0 Å². The lowest BCUT2D eigenvalue weighted by molar-refractivity contribution is 0.490. The Hall–Kier alpha value is -2.33. The summed E-state index contributed by atoms with van der Waals surface area (Å²) >= 11 is 5.35. The first-order valence-electron chi connectivity index (χ1n) is 7.29. The number of para-hydroxylation sites is 1. The van der Waals surface area contributed by atoms with Crippen molar-refractivity contribution in [2.45, 2.75) is 19.5 Å². The molecule has 3 rings (SSSR count). The normalized spacial score (nSPS) is 12.0. The van der Waals surface area contributed by atoms with E-state index in [1.807, 2.05) is 55.5 Å². The maximum absolute atomic E-state index is 5.84. The molecule has 0 aliphatic heterocycles. The number of rotatable bonds is 4. The largest absolute Gasteiger partial charge is 0.459 e. The van der Waals surface area contributed by atoms with Gasteiger partial charge in [0, 0.05) is 11.9 Å². The van der Waals surface area contributed by atoms with Crippen LogP contribution in [0, 0.1) is 0 Å². The molecular formula is C18H18N2OS. The van der Waals surface area contributed by atoms with Crippen LogP contribution < -0.4 is 10.6 Å². The van der Waals surface area contributed by atoms with Gasteiger partial charge < -0.3 is 15.1 Å². The second kappa shape index (κ2) is 6.62. The quantitative estimate of drug-likeness (QED) is 0.710. The van der Waals surface area contributed by atoms with Gasteiger partial charge >= 0.3 is 0 Å². The molecule has 0 spiro atoms. The molecule has 3 nitrogen and oxygen atoms in total. The molecule has 0 amide bonds. The van der Waals surface area contributed by atoms with Crippen LogP contribution in [-0.4, -0.2) is 5.11 Å². The van der Waals surface area contributed by atoms with Crippen LogP contribution in [0.5, 0.6) is 0 Å². The van der Waals surface area contributed by atoms with Gasteiger partial charge in [0.25, 0.3) is 0 Å². The molecule has 1 heterocycles. The van der Waals surface area contributed by atoms with Crippen LogP contribution >= 0.6 is 12.2 Å². The summed E-state index contributed by atoms with van der Waals surface area (Å²) in [6.45, 7) is 2.74. The third-order valence-electron chi connectivity index (χ3n) is 3.51. The zero-order chi connectivity index (χ0) is 15.4. The molecule has 0 fully saturated rings. The number of hydrogen-bond donors (Lipinski definition) is 2. The standard InChI is InChI=1S/C18H18N2OS/c1-13(17-11-15-9-5-6-10-16(15)21-17)20-18(22)19-12-14-7-3-2-4-8-14/h2-11,13H,12H2,1H3,(H2,19,20,22)/t13-/m0/s1. The van der Waals surface area contributed by atoms with Crippen molar-refractivity contribution < 1.29 is 4.42 Å². The highest BCUT2D eigenvalue weighted by atomic mass is 32.1. The monoisotopic (exact) mass is 310 g/mol. The summed E-state index contributed by atoms with van der Waals surface area (Å²) < 4.78 is 5.84. The fourth-order valence-electron chi connectivity index (χ4n) is 2.31. The smallest absolute Gasteiger partial charge is 0.167 e. The van der Waals surface area contributed by atoms with E-state index in [0.29, 0.717) is 11.7 Å². The van der Waals surface area contributed by atoms with Gasteiger partial charge in [-0.05, 0) is 36.8 Å². The predicted octanol–water partition coefficient (Wildman–Crippen LogP) is 4.16. The lowest BCUT2D eigenvalue weighted by Gasteiger charge is -2.15. The maximum Gasteiger partial charge on any atom is 0.167 e. The van der Waals surface area contributed by atoms with Gasteiger partial charge in [-0.1, -0.05) is 48.5 Å². The van der Waals surface area contributed by atoms with Crippen LogP contribution in [0.15, 0.2) is 65.1 Å². The Morgan fingerprint density at radius 1 is 1.09 bits per heavy atom. The van der Waals surface area contributed by atoms with Crippen molar-refractivity contribution in [1.29, 1.82) is 0 Å². The molecule has 0 aliphatic carbocycles. The van der Waals surface area contributed by atoms with E-state index in [1.165, 1.54) is 5.56 Å². The summed E-state index contributed by atoms with van der Waals surface area (Å²) in [7, 11) is 0. The van der Waals surface area contributed by atoms with E-state index < -0.39 is 0 Å². The van der Waals surface area contributed by atoms with Gasteiger partial charge in [-0.3, -0.25) is 0 Å². The van der Waals surface area contributed by atoms with Gasteiger partial charge in [-0.25, -0.2) is 0 Å². The Balaban J connectivity index is 1.58. The Labute approximate surface area is 135 Å². The average molecular weight is 310 g/mol. The maximum atomic E-state index is 5.84. The van der Waals surface area contributed by atoms with E-state index in [1.54, 1.807) is 0 Å². The minimum Gasteiger partial charge on any atom is -0.459 e. The average Bonchev–Trinajstić information content (AvgIpc) is 2.98. The lowest BCUT2D eigenvalue weighted by Crippen LogP contribution is -2.36. The topological polar surface area (TPSA) is 37.2 Å². The number of nitrogens with one attached hydrogen (secondary N) is 2. The molecule has 0 bridgehead atoms. The van der Waals surface area contributed by atoms with Crippen LogP contribution in [0.25, 0.3) is 11.0 Å². The summed E-state index contributed by atoms with van der Waals surface area (Å²) in [5.74, 6) is 0.880. The zero-order valence-corrected chi connectivity index (χ0v) is 13.2. The van der Waals surface area contributed by atoms with Gasteiger partial charge in [0.15, 0.2) is 5.11 Å². The lowest BCUT2D eigenvalue weighted by atomic mass is 10.2. The fraction of sp³-hybridized carbons (Fsp3) is 0.167. The first kappa shape index (κ1) is 14.6. The van der Waals surface area contributed by atoms with Gasteiger partial charge in [0.05, 0.1) is 6.04 Å². The minimum atomic E-state index is 0.0168. The second-order valence-corrected chi connectivity index (χ2v) is 5.63. The number of hydrogen-bond acceptors (Lipinski definition) is 2. The van der Waals surface area contributed by atoms with E-state index in [0.717, 1.165) is 16.7 Å². The molecule has 1 atom stereocenters. The molecule has 3 aromatic rings. The molecule has 0 radical (unpaired) electrons. The van der Waals surface area contributed by atoms with E-state index in [9.17, 15) is 0 Å². The van der Waals surface area contributed by atoms with Crippen molar-refractivity contribution >= 4 is 28.3 Å². The molecule has 112 valence electrons. The van der Waals surface area contributed by atoms with Gasteiger partial charge in [-0.2, -0.15) is 0 Å². The number of fused-ring (bicyclic) bond motifs is 1. The molecule has 0 saturated carbocycles. The summed E-state index contributed by atoms with van der Waals surface area (Å²) in [5.41, 5.74) is 2.09. The van der Waals surface area contributed by atoms with Crippen molar-refractivity contribution in [2.24, 2.45) is 0 Å². The minimum absolute atomic E-state index is 0.0168. The molecule has 0 aliphatic rings. The molecule has 22 heavy (non-hydrogen) atoms. The summed E-state index contributed by atoms with van der Waals surface area (Å²) in [5, 5.41) is 8.19. The van der Waals surface area contributed by atoms with Crippen LogP contribution in [0.4, 0.5) is 0 Å². The fourth-order valence-corrected chi connectivity index (χ4v) is 2.56. The van der Waals surface area contributed by atoms with Gasteiger partial charge in [0.1, 0.15) is 11.3 Å². The Bertz CT molecular complexity index is 734. The molecule has 0 unspecified atom stereocenters. The van der Waals surface area contributed by atoms with Crippen LogP contribution in [0.3, 0.4) is 0 Å². The third kappa shape index (κ3) is 3.46. The van der Waals surface area contributed by atoms with Crippen LogP contribution in [-0.2, 0) is 6.54 Å².